The minimum absolute atomic E-state index is 0.0269. The summed E-state index contributed by atoms with van der Waals surface area (Å²) in [6.45, 7) is 6.11. The van der Waals surface area contributed by atoms with Crippen LogP contribution in [0.2, 0.25) is 19.6 Å². The van der Waals surface area contributed by atoms with E-state index in [9.17, 15) is 14.0 Å². The second kappa shape index (κ2) is 3.76. The molecule has 0 heterocycles. The van der Waals surface area contributed by atoms with E-state index in [1.807, 2.05) is 19.6 Å². The van der Waals surface area contributed by atoms with Gasteiger partial charge >= 0.3 is 0 Å². The Morgan fingerprint density at radius 3 is 1.94 bits per heavy atom. The molecule has 0 aromatic heterocycles. The number of nitrogens with zero attached hydrogens (tertiary/aromatic N) is 1. The van der Waals surface area contributed by atoms with Crippen molar-refractivity contribution in [2.45, 2.75) is 56.8 Å². The lowest BCUT2D eigenvalue weighted by Gasteiger charge is -2.31. The Bertz CT molecular complexity index is 342. The van der Waals surface area contributed by atoms with Crippen molar-refractivity contribution in [2.24, 2.45) is 11.8 Å². The summed E-state index contributed by atoms with van der Waals surface area (Å²) in [4.78, 5) is 0. The zero-order valence-electron chi connectivity index (χ0n) is 10.6. The molecule has 2 fully saturated rings. The highest BCUT2D eigenvalue weighted by Crippen LogP contribution is 2.55. The van der Waals surface area contributed by atoms with Crippen molar-refractivity contribution in [3.05, 3.63) is 0 Å². The first-order valence-corrected chi connectivity index (χ1v) is 9.55. The van der Waals surface area contributed by atoms with Gasteiger partial charge in [0.25, 0.3) is 0 Å². The van der Waals surface area contributed by atoms with Crippen LogP contribution in [-0.4, -0.2) is 19.8 Å². The average molecular weight is 259 g/mol. The molecule has 0 spiro atoms. The van der Waals surface area contributed by atoms with Gasteiger partial charge in [0.1, 0.15) is 5.60 Å². The van der Waals surface area contributed by atoms with Gasteiger partial charge in [0.15, 0.2) is 8.32 Å². The highest BCUT2D eigenvalue weighted by Gasteiger charge is 2.57. The molecule has 1 unspecified atom stereocenters. The number of nitriles is 1. The molecule has 3 atom stereocenters. The molecular formula is C12H19F2NOSi. The van der Waals surface area contributed by atoms with Crippen LogP contribution < -0.4 is 0 Å². The molecule has 2 rings (SSSR count). The maximum absolute atomic E-state index is 13.2. The van der Waals surface area contributed by atoms with Crippen molar-refractivity contribution in [2.75, 3.05) is 0 Å². The molecule has 0 aromatic rings. The fourth-order valence-corrected chi connectivity index (χ4v) is 4.76. The molecule has 2 aliphatic carbocycles. The molecule has 0 radical (unpaired) electrons. The fourth-order valence-electron chi connectivity index (χ4n) is 3.38. The zero-order valence-corrected chi connectivity index (χ0v) is 11.6. The summed E-state index contributed by atoms with van der Waals surface area (Å²) in [5.41, 5.74) is -0.781. The van der Waals surface area contributed by atoms with Crippen LogP contribution in [0.25, 0.3) is 0 Å². The van der Waals surface area contributed by atoms with E-state index in [1.165, 1.54) is 0 Å². The highest BCUT2D eigenvalue weighted by atomic mass is 28.4. The fraction of sp³-hybridized carbons (Fsp3) is 0.917. The SMILES string of the molecule is C[Si](C)(C)OC1(C#N)C[C@H]2CC(F)(F)C[C@H]2C1. The van der Waals surface area contributed by atoms with Gasteiger partial charge in [-0.2, -0.15) is 5.26 Å². The van der Waals surface area contributed by atoms with E-state index in [-0.39, 0.29) is 24.7 Å². The average Bonchev–Trinajstić information content (AvgIpc) is 2.51. The smallest absolute Gasteiger partial charge is 0.248 e. The number of fused-ring (bicyclic) bond motifs is 1. The third-order valence-electron chi connectivity index (χ3n) is 3.68. The molecule has 17 heavy (non-hydrogen) atoms. The van der Waals surface area contributed by atoms with Gasteiger partial charge in [-0.25, -0.2) is 8.78 Å². The van der Waals surface area contributed by atoms with Crippen molar-refractivity contribution >= 4 is 8.32 Å². The summed E-state index contributed by atoms with van der Waals surface area (Å²) in [5.74, 6) is -2.57. The lowest BCUT2D eigenvalue weighted by Crippen LogP contribution is -2.40. The third kappa shape index (κ3) is 2.69. The van der Waals surface area contributed by atoms with Gasteiger partial charge in [0.05, 0.1) is 6.07 Å². The molecule has 0 saturated heterocycles. The Morgan fingerprint density at radius 2 is 1.59 bits per heavy atom. The van der Waals surface area contributed by atoms with Gasteiger partial charge in [-0.1, -0.05) is 0 Å². The van der Waals surface area contributed by atoms with E-state index < -0.39 is 19.8 Å². The van der Waals surface area contributed by atoms with Gasteiger partial charge in [-0.15, -0.1) is 0 Å². The molecule has 0 aromatic carbocycles. The van der Waals surface area contributed by atoms with Crippen molar-refractivity contribution < 1.29 is 13.2 Å². The predicted octanol–water partition coefficient (Wildman–Crippen LogP) is 3.56. The minimum atomic E-state index is -2.52. The van der Waals surface area contributed by atoms with Crippen LogP contribution in [0, 0.1) is 23.2 Å². The zero-order chi connectivity index (χ0) is 12.9. The molecule has 0 bridgehead atoms. The summed E-state index contributed by atoms with van der Waals surface area (Å²) in [7, 11) is -1.81. The van der Waals surface area contributed by atoms with Crippen LogP contribution in [0.1, 0.15) is 25.7 Å². The second-order valence-electron chi connectivity index (χ2n) is 6.51. The Hall–Kier alpha value is -0.473. The predicted molar refractivity (Wildman–Crippen MR) is 63.2 cm³/mol. The summed E-state index contributed by atoms with van der Waals surface area (Å²) < 4.78 is 32.5. The number of alkyl halides is 2. The van der Waals surface area contributed by atoms with Crippen LogP contribution in [0.15, 0.2) is 0 Å². The lowest BCUT2D eigenvalue weighted by molar-refractivity contribution is -0.00740. The largest absolute Gasteiger partial charge is 0.400 e. The number of hydrogen-bond donors (Lipinski definition) is 0. The third-order valence-corrected chi connectivity index (χ3v) is 4.68. The molecule has 0 aliphatic heterocycles. The number of halogens is 2. The first-order valence-electron chi connectivity index (χ1n) is 6.14. The maximum Gasteiger partial charge on any atom is 0.248 e. The van der Waals surface area contributed by atoms with E-state index in [4.69, 9.17) is 4.43 Å². The molecule has 2 saturated carbocycles. The van der Waals surface area contributed by atoms with Gasteiger partial charge in [0, 0.05) is 12.8 Å². The monoisotopic (exact) mass is 259 g/mol. The summed E-state index contributed by atoms with van der Waals surface area (Å²) in [6, 6.07) is 2.26. The number of rotatable bonds is 2. The summed E-state index contributed by atoms with van der Waals surface area (Å²) >= 11 is 0. The Balaban J connectivity index is 2.10. The maximum atomic E-state index is 13.2. The van der Waals surface area contributed by atoms with E-state index in [2.05, 4.69) is 6.07 Å². The van der Waals surface area contributed by atoms with Gasteiger partial charge in [0.2, 0.25) is 5.92 Å². The van der Waals surface area contributed by atoms with Crippen molar-refractivity contribution in [1.82, 2.24) is 0 Å². The van der Waals surface area contributed by atoms with Crippen molar-refractivity contribution in [3.8, 4) is 6.07 Å². The second-order valence-corrected chi connectivity index (χ2v) is 10.9. The van der Waals surface area contributed by atoms with Gasteiger partial charge < -0.3 is 4.43 Å². The Labute approximate surface area is 102 Å². The molecular weight excluding hydrogens is 240 g/mol. The first kappa shape index (κ1) is 13.0. The van der Waals surface area contributed by atoms with Gasteiger partial charge in [-0.3, -0.25) is 0 Å². The van der Waals surface area contributed by atoms with E-state index in [1.54, 1.807) is 0 Å². The topological polar surface area (TPSA) is 33.0 Å². The molecule has 0 amide bonds. The summed E-state index contributed by atoms with van der Waals surface area (Å²) in [5, 5.41) is 9.32. The standard InChI is InChI=1S/C12H19F2NOSi/c1-17(2,3)16-11(8-15)4-9-6-12(13,14)7-10(9)5-11/h9-10H,4-7H2,1-3H3/t9-,10+,11?. The Morgan fingerprint density at radius 1 is 1.12 bits per heavy atom. The van der Waals surface area contributed by atoms with Crippen LogP contribution in [0.4, 0.5) is 8.78 Å². The van der Waals surface area contributed by atoms with E-state index in [0.717, 1.165) is 0 Å². The quantitative estimate of drug-likeness (QED) is 0.710. The van der Waals surface area contributed by atoms with E-state index in [0.29, 0.717) is 12.8 Å². The van der Waals surface area contributed by atoms with Crippen LogP contribution in [-0.2, 0) is 4.43 Å². The van der Waals surface area contributed by atoms with Crippen LogP contribution >= 0.6 is 0 Å². The summed E-state index contributed by atoms with van der Waals surface area (Å²) in [6.07, 6.45) is 0.869. The molecule has 0 N–H and O–H groups in total. The van der Waals surface area contributed by atoms with E-state index >= 15 is 0 Å². The highest BCUT2D eigenvalue weighted by molar-refractivity contribution is 6.69. The molecule has 2 nitrogen and oxygen atoms in total. The van der Waals surface area contributed by atoms with Crippen molar-refractivity contribution in [3.63, 3.8) is 0 Å². The first-order chi connectivity index (χ1) is 7.65. The van der Waals surface area contributed by atoms with Crippen molar-refractivity contribution in [1.29, 1.82) is 5.26 Å². The minimum Gasteiger partial charge on any atom is -0.400 e. The Kier molecular flexibility index (Phi) is 2.87. The molecule has 5 heteroatoms. The van der Waals surface area contributed by atoms with Gasteiger partial charge in [-0.05, 0) is 44.3 Å². The normalized spacial score (nSPS) is 40.0. The molecule has 2 aliphatic rings. The van der Waals surface area contributed by atoms with Crippen LogP contribution in [0.5, 0.6) is 0 Å². The number of hydrogen-bond acceptors (Lipinski definition) is 2. The lowest BCUT2D eigenvalue weighted by atomic mass is 9.99. The van der Waals surface area contributed by atoms with Crippen LogP contribution in [0.3, 0.4) is 0 Å². The molecule has 96 valence electrons.